The van der Waals surface area contributed by atoms with Gasteiger partial charge in [0.1, 0.15) is 0 Å². The molecule has 0 bridgehead atoms. The number of fused-ring (bicyclic) bond motifs is 1. The van der Waals surface area contributed by atoms with Gasteiger partial charge in [-0.15, -0.1) is 0 Å². The Bertz CT molecular complexity index is 470. The molecule has 0 fully saturated rings. The van der Waals surface area contributed by atoms with Crippen molar-refractivity contribution >= 4 is 10.8 Å². The average molecular weight is 227 g/mol. The summed E-state index contributed by atoms with van der Waals surface area (Å²) in [7, 11) is 2.02. The lowest BCUT2D eigenvalue weighted by Crippen LogP contribution is -2.12. The lowest BCUT2D eigenvalue weighted by Gasteiger charge is -2.13. The molecule has 0 amide bonds. The lowest BCUT2D eigenvalue weighted by molar-refractivity contribution is 0.516. The van der Waals surface area contributed by atoms with Crippen LogP contribution in [-0.4, -0.2) is 13.6 Å². The van der Waals surface area contributed by atoms with Crippen molar-refractivity contribution in [1.29, 1.82) is 0 Å². The van der Waals surface area contributed by atoms with Crippen LogP contribution in [0, 0.1) is 5.92 Å². The molecule has 0 aliphatic carbocycles. The zero-order valence-corrected chi connectivity index (χ0v) is 10.7. The largest absolute Gasteiger partial charge is 0.320 e. The molecule has 0 heterocycles. The molecule has 1 N–H and O–H groups in total. The summed E-state index contributed by atoms with van der Waals surface area (Å²) in [5, 5.41) is 5.98. The number of nitrogens with one attached hydrogen (secondary N) is 1. The molecular weight excluding hydrogens is 206 g/mol. The zero-order valence-electron chi connectivity index (χ0n) is 10.7. The number of hydrogen-bond acceptors (Lipinski definition) is 1. The van der Waals surface area contributed by atoms with Gasteiger partial charge in [-0.25, -0.2) is 0 Å². The van der Waals surface area contributed by atoms with E-state index in [1.807, 2.05) is 7.05 Å². The zero-order chi connectivity index (χ0) is 12.1. The maximum absolute atomic E-state index is 3.22. The van der Waals surface area contributed by atoms with Crippen LogP contribution in [0.4, 0.5) is 0 Å². The van der Waals surface area contributed by atoms with Gasteiger partial charge in [0.15, 0.2) is 0 Å². The molecular formula is C16H21N. The van der Waals surface area contributed by atoms with Crippen molar-refractivity contribution in [2.24, 2.45) is 5.92 Å². The third kappa shape index (κ3) is 3.07. The fourth-order valence-corrected chi connectivity index (χ4v) is 2.34. The summed E-state index contributed by atoms with van der Waals surface area (Å²) in [5.41, 5.74) is 1.48. The molecule has 0 saturated heterocycles. The molecule has 1 unspecified atom stereocenters. The predicted octanol–water partition coefficient (Wildman–Crippen LogP) is 3.63. The Balaban J connectivity index is 2.18. The van der Waals surface area contributed by atoms with Gasteiger partial charge in [-0.05, 0) is 48.7 Å². The summed E-state index contributed by atoms with van der Waals surface area (Å²) in [6, 6.07) is 15.3. The highest BCUT2D eigenvalue weighted by Gasteiger charge is 2.06. The summed E-state index contributed by atoms with van der Waals surface area (Å²) in [4.78, 5) is 0. The molecule has 0 aliphatic heterocycles. The van der Waals surface area contributed by atoms with Gasteiger partial charge in [-0.3, -0.25) is 0 Å². The summed E-state index contributed by atoms with van der Waals surface area (Å²) in [6.07, 6.45) is 2.41. The number of benzene rings is 2. The molecule has 1 nitrogen and oxygen atoms in total. The highest BCUT2D eigenvalue weighted by Crippen LogP contribution is 2.21. The van der Waals surface area contributed by atoms with Crippen molar-refractivity contribution in [2.75, 3.05) is 13.6 Å². The third-order valence-electron chi connectivity index (χ3n) is 3.34. The van der Waals surface area contributed by atoms with Gasteiger partial charge in [-0.2, -0.15) is 0 Å². The van der Waals surface area contributed by atoms with Gasteiger partial charge in [-0.1, -0.05) is 49.4 Å². The Kier molecular flexibility index (Phi) is 4.16. The van der Waals surface area contributed by atoms with E-state index in [0.29, 0.717) is 0 Å². The minimum absolute atomic E-state index is 0.730. The molecule has 0 radical (unpaired) electrons. The second-order valence-electron chi connectivity index (χ2n) is 4.84. The first-order valence-electron chi connectivity index (χ1n) is 6.42. The highest BCUT2D eigenvalue weighted by molar-refractivity contribution is 5.85. The van der Waals surface area contributed by atoms with Crippen molar-refractivity contribution in [3.05, 3.63) is 48.0 Å². The summed E-state index contributed by atoms with van der Waals surface area (Å²) >= 11 is 0. The quantitative estimate of drug-likeness (QED) is 0.822. The molecule has 2 aromatic rings. The van der Waals surface area contributed by atoms with Crippen LogP contribution in [0.25, 0.3) is 10.8 Å². The molecule has 0 aliphatic rings. The van der Waals surface area contributed by atoms with Gasteiger partial charge in [0.05, 0.1) is 0 Å². The first kappa shape index (κ1) is 12.1. The maximum Gasteiger partial charge on any atom is -0.00493 e. The minimum atomic E-state index is 0.730. The lowest BCUT2D eigenvalue weighted by atomic mass is 9.94. The molecule has 2 rings (SSSR count). The molecule has 90 valence electrons. The van der Waals surface area contributed by atoms with E-state index in [1.54, 1.807) is 0 Å². The fraction of sp³-hybridized carbons (Fsp3) is 0.375. The summed E-state index contributed by atoms with van der Waals surface area (Å²) in [5.74, 6) is 0.730. The second kappa shape index (κ2) is 5.83. The Morgan fingerprint density at radius 1 is 1.06 bits per heavy atom. The summed E-state index contributed by atoms with van der Waals surface area (Å²) < 4.78 is 0. The van der Waals surface area contributed by atoms with E-state index in [0.717, 1.165) is 12.5 Å². The van der Waals surface area contributed by atoms with Crippen LogP contribution < -0.4 is 5.32 Å². The molecule has 1 heteroatoms. The Labute approximate surface area is 104 Å². The minimum Gasteiger partial charge on any atom is -0.320 e. The van der Waals surface area contributed by atoms with Crippen LogP contribution in [0.3, 0.4) is 0 Å². The van der Waals surface area contributed by atoms with E-state index >= 15 is 0 Å². The van der Waals surface area contributed by atoms with Gasteiger partial charge in [0, 0.05) is 0 Å². The summed E-state index contributed by atoms with van der Waals surface area (Å²) in [6.45, 7) is 3.44. The van der Waals surface area contributed by atoms with Crippen molar-refractivity contribution < 1.29 is 0 Å². The van der Waals surface area contributed by atoms with Gasteiger partial charge < -0.3 is 5.32 Å². The van der Waals surface area contributed by atoms with Crippen molar-refractivity contribution in [3.8, 4) is 0 Å². The van der Waals surface area contributed by atoms with Crippen molar-refractivity contribution in [3.63, 3.8) is 0 Å². The van der Waals surface area contributed by atoms with Crippen LogP contribution in [0.15, 0.2) is 42.5 Å². The molecule has 17 heavy (non-hydrogen) atoms. The Hall–Kier alpha value is -1.34. The van der Waals surface area contributed by atoms with E-state index < -0.39 is 0 Å². The molecule has 0 spiro atoms. The third-order valence-corrected chi connectivity index (χ3v) is 3.34. The van der Waals surface area contributed by atoms with E-state index in [1.165, 1.54) is 29.2 Å². The molecule has 1 atom stereocenters. The fourth-order valence-electron chi connectivity index (χ4n) is 2.34. The van der Waals surface area contributed by atoms with Crippen LogP contribution in [-0.2, 0) is 6.42 Å². The van der Waals surface area contributed by atoms with E-state index in [-0.39, 0.29) is 0 Å². The Morgan fingerprint density at radius 3 is 2.65 bits per heavy atom. The van der Waals surface area contributed by atoms with E-state index in [2.05, 4.69) is 54.7 Å². The average Bonchev–Trinajstić information content (AvgIpc) is 2.37. The molecule has 0 saturated carbocycles. The van der Waals surface area contributed by atoms with Crippen LogP contribution in [0.1, 0.15) is 18.9 Å². The van der Waals surface area contributed by atoms with Gasteiger partial charge >= 0.3 is 0 Å². The predicted molar refractivity (Wildman–Crippen MR) is 75.4 cm³/mol. The van der Waals surface area contributed by atoms with Gasteiger partial charge in [0.2, 0.25) is 0 Å². The first-order chi connectivity index (χ1) is 8.31. The smallest absolute Gasteiger partial charge is 0.00493 e. The number of hydrogen-bond donors (Lipinski definition) is 1. The van der Waals surface area contributed by atoms with Crippen LogP contribution >= 0.6 is 0 Å². The second-order valence-corrected chi connectivity index (χ2v) is 4.84. The first-order valence-corrected chi connectivity index (χ1v) is 6.42. The normalized spacial score (nSPS) is 12.8. The highest BCUT2D eigenvalue weighted by atomic mass is 14.8. The monoisotopic (exact) mass is 227 g/mol. The molecule has 2 aromatic carbocycles. The van der Waals surface area contributed by atoms with Gasteiger partial charge in [0.25, 0.3) is 0 Å². The maximum atomic E-state index is 3.22. The van der Waals surface area contributed by atoms with Crippen LogP contribution in [0.5, 0.6) is 0 Å². The SMILES string of the molecule is CNCCC(C)Cc1cccc2ccccc12. The standard InChI is InChI=1S/C16H21N/c1-13(10-11-17-2)12-15-8-5-7-14-6-3-4-9-16(14)15/h3-9,13,17H,10-12H2,1-2H3. The van der Waals surface area contributed by atoms with E-state index in [4.69, 9.17) is 0 Å². The Morgan fingerprint density at radius 2 is 1.82 bits per heavy atom. The topological polar surface area (TPSA) is 12.0 Å². The molecule has 0 aromatic heterocycles. The van der Waals surface area contributed by atoms with Crippen molar-refractivity contribution in [1.82, 2.24) is 5.32 Å². The van der Waals surface area contributed by atoms with Crippen molar-refractivity contribution in [2.45, 2.75) is 19.8 Å². The van der Waals surface area contributed by atoms with E-state index in [9.17, 15) is 0 Å². The van der Waals surface area contributed by atoms with Crippen LogP contribution in [0.2, 0.25) is 0 Å². The number of rotatable bonds is 5.